The van der Waals surface area contributed by atoms with Crippen LogP contribution in [-0.4, -0.2) is 72.3 Å². The van der Waals surface area contributed by atoms with Crippen LogP contribution in [0.15, 0.2) is 18.2 Å². The van der Waals surface area contributed by atoms with Crippen molar-refractivity contribution in [1.29, 1.82) is 0 Å². The molecule has 2 aromatic rings. The highest BCUT2D eigenvalue weighted by Crippen LogP contribution is 2.33. The lowest BCUT2D eigenvalue weighted by Gasteiger charge is -2.46. The van der Waals surface area contributed by atoms with Crippen LogP contribution in [0.1, 0.15) is 31.2 Å². The van der Waals surface area contributed by atoms with Crippen LogP contribution in [0.25, 0.3) is 10.9 Å². The van der Waals surface area contributed by atoms with Gasteiger partial charge in [0.2, 0.25) is 5.91 Å². The zero-order chi connectivity index (χ0) is 22.9. The lowest BCUT2D eigenvalue weighted by atomic mass is 9.89. The first-order valence-electron chi connectivity index (χ1n) is 10.6. The van der Waals surface area contributed by atoms with Crippen molar-refractivity contribution >= 4 is 29.1 Å². The lowest BCUT2D eigenvalue weighted by molar-refractivity contribution is -0.137. The van der Waals surface area contributed by atoms with Crippen LogP contribution in [0, 0.1) is 0 Å². The van der Waals surface area contributed by atoms with Crippen molar-refractivity contribution in [3.63, 3.8) is 0 Å². The predicted molar refractivity (Wildman–Crippen MR) is 111 cm³/mol. The second-order valence-electron chi connectivity index (χ2n) is 8.54. The highest BCUT2D eigenvalue weighted by Gasteiger charge is 2.36. The summed E-state index contributed by atoms with van der Waals surface area (Å²) in [7, 11) is 1.63. The largest absolute Gasteiger partial charge is 0.465 e. The minimum Gasteiger partial charge on any atom is -0.465 e. The summed E-state index contributed by atoms with van der Waals surface area (Å²) in [4.78, 5) is 26.8. The topological polar surface area (TPSA) is 90.6 Å². The molecule has 0 unspecified atom stereocenters. The number of alkyl halides is 3. The molecule has 0 radical (unpaired) electrons. The average Bonchev–Trinajstić information content (AvgIpc) is 3.14. The minimum absolute atomic E-state index is 0.0131. The van der Waals surface area contributed by atoms with E-state index in [4.69, 9.17) is 4.74 Å². The molecule has 0 bridgehead atoms. The van der Waals surface area contributed by atoms with Crippen LogP contribution in [0.5, 0.6) is 0 Å². The van der Waals surface area contributed by atoms with Crippen LogP contribution in [0.3, 0.4) is 0 Å². The van der Waals surface area contributed by atoms with Gasteiger partial charge in [0.25, 0.3) is 6.47 Å². The maximum Gasteiger partial charge on any atom is 0.416 e. The molecule has 1 aromatic heterocycles. The van der Waals surface area contributed by atoms with Crippen LogP contribution < -0.4 is 10.2 Å². The van der Waals surface area contributed by atoms with Crippen molar-refractivity contribution in [3.05, 3.63) is 23.8 Å². The summed E-state index contributed by atoms with van der Waals surface area (Å²) in [5.74, 6) is 0.0918. The monoisotopic (exact) mass is 453 g/mol. The SMILES string of the molecule is CN(CC(=O)NC1CN(C2CCC(OC=O)CC2)C1)c1n[nH]c2ccc(C(F)(F)F)cc12. The molecule has 2 heterocycles. The molecular formula is C21H26F3N5O3. The third-order valence-electron chi connectivity index (χ3n) is 6.30. The van der Waals surface area contributed by atoms with E-state index in [0.717, 1.165) is 50.9 Å². The number of hydrogen-bond acceptors (Lipinski definition) is 6. The van der Waals surface area contributed by atoms with Crippen LogP contribution in [0.2, 0.25) is 0 Å². The molecule has 1 saturated carbocycles. The number of amides is 1. The standard InChI is InChI=1S/C21H26F3N5O3/c1-28(20-17-8-13(21(22,23)24)2-7-18(17)26-27-20)11-19(31)25-14-9-29(10-14)15-3-5-16(6-4-15)32-12-30/h2,7-8,12,14-16H,3-6,9-11H2,1H3,(H,25,31)(H,26,27). The van der Waals surface area contributed by atoms with Crippen LogP contribution in [-0.2, 0) is 20.5 Å². The first kappa shape index (κ1) is 22.4. The molecule has 1 aliphatic heterocycles. The summed E-state index contributed by atoms with van der Waals surface area (Å²) in [6.45, 7) is 2.03. The number of nitrogens with zero attached hydrogens (tertiary/aromatic N) is 3. The van der Waals surface area contributed by atoms with Gasteiger partial charge in [-0.25, -0.2) is 0 Å². The summed E-state index contributed by atoms with van der Waals surface area (Å²) in [6, 6.07) is 3.87. The highest BCUT2D eigenvalue weighted by molar-refractivity contribution is 5.92. The number of aromatic nitrogens is 2. The molecule has 32 heavy (non-hydrogen) atoms. The van der Waals surface area contributed by atoms with Gasteiger partial charge in [-0.1, -0.05) is 0 Å². The first-order valence-corrected chi connectivity index (χ1v) is 10.6. The van der Waals surface area contributed by atoms with Gasteiger partial charge >= 0.3 is 6.18 Å². The van der Waals surface area contributed by atoms with Crippen molar-refractivity contribution in [2.24, 2.45) is 0 Å². The Morgan fingerprint density at radius 2 is 2.03 bits per heavy atom. The van der Waals surface area contributed by atoms with E-state index >= 15 is 0 Å². The zero-order valence-corrected chi connectivity index (χ0v) is 17.7. The van der Waals surface area contributed by atoms with Gasteiger partial charge in [0, 0.05) is 31.6 Å². The Hall–Kier alpha value is -2.82. The van der Waals surface area contributed by atoms with E-state index in [0.29, 0.717) is 29.2 Å². The number of H-pyrrole nitrogens is 1. The van der Waals surface area contributed by atoms with E-state index in [9.17, 15) is 22.8 Å². The normalized spacial score (nSPS) is 22.4. The van der Waals surface area contributed by atoms with E-state index in [-0.39, 0.29) is 24.6 Å². The average molecular weight is 453 g/mol. The third kappa shape index (κ3) is 4.82. The smallest absolute Gasteiger partial charge is 0.416 e. The van der Waals surface area contributed by atoms with Crippen molar-refractivity contribution in [2.75, 3.05) is 31.6 Å². The van der Waals surface area contributed by atoms with E-state index in [1.807, 2.05) is 0 Å². The fourth-order valence-corrected chi connectivity index (χ4v) is 4.56. The lowest BCUT2D eigenvalue weighted by Crippen LogP contribution is -2.63. The Labute approximate surface area is 183 Å². The van der Waals surface area contributed by atoms with Crippen molar-refractivity contribution in [2.45, 2.75) is 50.0 Å². The molecule has 2 N–H and O–H groups in total. The Morgan fingerprint density at radius 1 is 1.31 bits per heavy atom. The number of carbonyl (C=O) groups excluding carboxylic acids is 2. The number of halogens is 3. The summed E-state index contributed by atoms with van der Waals surface area (Å²) in [5.41, 5.74) is -0.282. The number of nitrogens with one attached hydrogen (secondary N) is 2. The molecule has 174 valence electrons. The molecule has 1 aliphatic carbocycles. The Morgan fingerprint density at radius 3 is 2.69 bits per heavy atom. The summed E-state index contributed by atoms with van der Waals surface area (Å²) in [5, 5.41) is 10.1. The van der Waals surface area contributed by atoms with Crippen molar-refractivity contribution in [3.8, 4) is 0 Å². The quantitative estimate of drug-likeness (QED) is 0.626. The van der Waals surface area contributed by atoms with Crippen LogP contribution >= 0.6 is 0 Å². The first-order chi connectivity index (χ1) is 15.2. The molecular weight excluding hydrogens is 427 g/mol. The molecule has 0 spiro atoms. The van der Waals surface area contributed by atoms with Gasteiger partial charge < -0.3 is 15.0 Å². The van der Waals surface area contributed by atoms with Gasteiger partial charge in [-0.15, -0.1) is 0 Å². The minimum atomic E-state index is -4.45. The third-order valence-corrected chi connectivity index (χ3v) is 6.30. The molecule has 4 rings (SSSR count). The fourth-order valence-electron chi connectivity index (χ4n) is 4.56. The number of ether oxygens (including phenoxy) is 1. The number of fused-ring (bicyclic) bond motifs is 1. The van der Waals surface area contributed by atoms with Crippen LogP contribution in [0.4, 0.5) is 19.0 Å². The highest BCUT2D eigenvalue weighted by atomic mass is 19.4. The van der Waals surface area contributed by atoms with E-state index in [2.05, 4.69) is 20.4 Å². The van der Waals surface area contributed by atoms with Gasteiger partial charge in [0.05, 0.1) is 23.7 Å². The molecule has 0 atom stereocenters. The number of anilines is 1. The predicted octanol–water partition coefficient (Wildman–Crippen LogP) is 2.30. The number of likely N-dealkylation sites (N-methyl/N-ethyl adjacent to an activating group) is 1. The summed E-state index contributed by atoms with van der Waals surface area (Å²) >= 11 is 0. The molecule has 1 aromatic carbocycles. The number of aromatic amines is 1. The number of likely N-dealkylation sites (tertiary alicyclic amines) is 1. The van der Waals surface area contributed by atoms with Gasteiger partial charge in [-0.05, 0) is 43.9 Å². The number of rotatable bonds is 7. The van der Waals surface area contributed by atoms with Gasteiger partial charge in [-0.3, -0.25) is 19.6 Å². The maximum absolute atomic E-state index is 13.0. The summed E-state index contributed by atoms with van der Waals surface area (Å²) in [6.07, 6.45) is -0.788. The molecule has 2 aliphatic rings. The van der Waals surface area contributed by atoms with Gasteiger partial charge in [-0.2, -0.15) is 18.3 Å². The summed E-state index contributed by atoms with van der Waals surface area (Å²) < 4.78 is 44.2. The Balaban J connectivity index is 1.27. The maximum atomic E-state index is 13.0. The zero-order valence-electron chi connectivity index (χ0n) is 17.7. The number of hydrogen-bond donors (Lipinski definition) is 2. The molecule has 1 saturated heterocycles. The molecule has 1 amide bonds. The van der Waals surface area contributed by atoms with Crippen molar-refractivity contribution in [1.82, 2.24) is 20.4 Å². The second kappa shape index (κ2) is 8.97. The van der Waals surface area contributed by atoms with E-state index in [1.165, 1.54) is 6.07 Å². The molecule has 8 nitrogen and oxygen atoms in total. The van der Waals surface area contributed by atoms with Crippen molar-refractivity contribution < 1.29 is 27.5 Å². The van der Waals surface area contributed by atoms with Gasteiger partial charge in [0.1, 0.15) is 6.10 Å². The number of carbonyl (C=O) groups is 2. The van der Waals surface area contributed by atoms with E-state index in [1.54, 1.807) is 11.9 Å². The number of benzene rings is 1. The Bertz CT molecular complexity index is 965. The molecule has 11 heteroatoms. The van der Waals surface area contributed by atoms with Gasteiger partial charge in [0.15, 0.2) is 5.82 Å². The molecule has 2 fully saturated rings. The Kier molecular flexibility index (Phi) is 6.27. The fraction of sp³-hybridized carbons (Fsp3) is 0.571. The van der Waals surface area contributed by atoms with E-state index < -0.39 is 11.7 Å². The second-order valence-corrected chi connectivity index (χ2v) is 8.54.